The predicted octanol–water partition coefficient (Wildman–Crippen LogP) is 3.78. The molecule has 2 nitrogen and oxygen atoms in total. The van der Waals surface area contributed by atoms with Crippen molar-refractivity contribution in [3.05, 3.63) is 66.2 Å². The molecule has 0 aliphatic heterocycles. The SMILES string of the molecule is CCOC(=O)C(Cc1ccccc1)[Si](C)(C)c1ccccc1. The van der Waals surface area contributed by atoms with Crippen molar-refractivity contribution in [2.24, 2.45) is 0 Å². The summed E-state index contributed by atoms with van der Waals surface area (Å²) in [5.41, 5.74) is 1.12. The van der Waals surface area contributed by atoms with E-state index in [1.807, 2.05) is 31.2 Å². The van der Waals surface area contributed by atoms with Crippen molar-refractivity contribution in [1.82, 2.24) is 0 Å². The average molecular weight is 312 g/mol. The summed E-state index contributed by atoms with van der Waals surface area (Å²) in [4.78, 5) is 12.6. The van der Waals surface area contributed by atoms with Crippen LogP contribution in [0.5, 0.6) is 0 Å². The van der Waals surface area contributed by atoms with Gasteiger partial charge >= 0.3 is 5.97 Å². The van der Waals surface area contributed by atoms with Gasteiger partial charge in [-0.05, 0) is 18.9 Å². The monoisotopic (exact) mass is 312 g/mol. The quantitative estimate of drug-likeness (QED) is 0.599. The highest BCUT2D eigenvalue weighted by Gasteiger charge is 2.39. The Balaban J connectivity index is 2.33. The lowest BCUT2D eigenvalue weighted by Gasteiger charge is -2.31. The molecule has 2 aromatic carbocycles. The van der Waals surface area contributed by atoms with Crippen LogP contribution < -0.4 is 5.19 Å². The summed E-state index contributed by atoms with van der Waals surface area (Å²) in [5, 5.41) is 1.30. The van der Waals surface area contributed by atoms with Gasteiger partial charge in [-0.1, -0.05) is 78.9 Å². The summed E-state index contributed by atoms with van der Waals surface area (Å²) < 4.78 is 5.38. The van der Waals surface area contributed by atoms with E-state index in [9.17, 15) is 4.79 Å². The van der Waals surface area contributed by atoms with E-state index in [-0.39, 0.29) is 11.5 Å². The molecule has 0 aliphatic rings. The average Bonchev–Trinajstić information content (AvgIpc) is 2.54. The van der Waals surface area contributed by atoms with Gasteiger partial charge in [-0.2, -0.15) is 0 Å². The molecule has 3 heteroatoms. The van der Waals surface area contributed by atoms with Crippen LogP contribution in [-0.2, 0) is 16.0 Å². The minimum atomic E-state index is -1.97. The molecule has 0 spiro atoms. The number of benzene rings is 2. The molecule has 116 valence electrons. The van der Waals surface area contributed by atoms with Gasteiger partial charge in [-0.15, -0.1) is 0 Å². The molecule has 1 atom stereocenters. The van der Waals surface area contributed by atoms with Crippen LogP contribution in [0.4, 0.5) is 0 Å². The van der Waals surface area contributed by atoms with Gasteiger partial charge in [0.15, 0.2) is 0 Å². The van der Waals surface area contributed by atoms with E-state index in [1.165, 1.54) is 10.8 Å². The van der Waals surface area contributed by atoms with Crippen LogP contribution in [0.25, 0.3) is 0 Å². The van der Waals surface area contributed by atoms with E-state index < -0.39 is 8.07 Å². The Morgan fingerprint density at radius 3 is 2.09 bits per heavy atom. The van der Waals surface area contributed by atoms with Crippen LogP contribution in [0.1, 0.15) is 12.5 Å². The maximum atomic E-state index is 12.6. The minimum absolute atomic E-state index is 0.0631. The summed E-state index contributed by atoms with van der Waals surface area (Å²) >= 11 is 0. The lowest BCUT2D eigenvalue weighted by atomic mass is 10.1. The third-order valence-corrected chi connectivity index (χ3v) is 8.25. The van der Waals surface area contributed by atoms with Crippen molar-refractivity contribution in [2.75, 3.05) is 6.61 Å². The molecule has 0 bridgehead atoms. The smallest absolute Gasteiger partial charge is 0.306 e. The van der Waals surface area contributed by atoms with Gasteiger partial charge in [-0.25, -0.2) is 0 Å². The number of carbonyl (C=O) groups excluding carboxylic acids is 1. The van der Waals surface area contributed by atoms with Crippen LogP contribution in [0.15, 0.2) is 60.7 Å². The first-order chi connectivity index (χ1) is 10.6. The van der Waals surface area contributed by atoms with Gasteiger partial charge in [0.25, 0.3) is 0 Å². The maximum absolute atomic E-state index is 12.6. The number of carbonyl (C=O) groups is 1. The number of rotatable bonds is 6. The van der Waals surface area contributed by atoms with E-state index in [0.29, 0.717) is 6.61 Å². The number of hydrogen-bond donors (Lipinski definition) is 0. The molecule has 0 aromatic heterocycles. The first-order valence-corrected chi connectivity index (χ1v) is 10.9. The molecule has 2 rings (SSSR count). The van der Waals surface area contributed by atoms with E-state index in [4.69, 9.17) is 4.74 Å². The van der Waals surface area contributed by atoms with E-state index in [1.54, 1.807) is 0 Å². The molecule has 22 heavy (non-hydrogen) atoms. The van der Waals surface area contributed by atoms with E-state index in [2.05, 4.69) is 49.5 Å². The molecule has 0 radical (unpaired) electrons. The van der Waals surface area contributed by atoms with Crippen molar-refractivity contribution in [3.8, 4) is 0 Å². The lowest BCUT2D eigenvalue weighted by molar-refractivity contribution is -0.143. The highest BCUT2D eigenvalue weighted by atomic mass is 28.3. The largest absolute Gasteiger partial charge is 0.466 e. The van der Waals surface area contributed by atoms with Gasteiger partial charge in [0.2, 0.25) is 0 Å². The molecule has 0 heterocycles. The van der Waals surface area contributed by atoms with Crippen LogP contribution in [-0.4, -0.2) is 20.7 Å². The second-order valence-electron chi connectivity index (χ2n) is 6.08. The van der Waals surface area contributed by atoms with Crippen LogP contribution >= 0.6 is 0 Å². The van der Waals surface area contributed by atoms with Crippen molar-refractivity contribution in [1.29, 1.82) is 0 Å². The molecule has 0 amide bonds. The summed E-state index contributed by atoms with van der Waals surface area (Å²) in [5.74, 6) is -0.0631. The van der Waals surface area contributed by atoms with Crippen molar-refractivity contribution in [3.63, 3.8) is 0 Å². The molecular formula is C19H24O2Si. The van der Waals surface area contributed by atoms with Crippen molar-refractivity contribution in [2.45, 2.75) is 32.0 Å². The Labute approximate surface area is 134 Å². The molecule has 2 aromatic rings. The fourth-order valence-electron chi connectivity index (χ4n) is 2.79. The molecular weight excluding hydrogens is 288 g/mol. The highest BCUT2D eigenvalue weighted by molar-refractivity contribution is 6.93. The predicted molar refractivity (Wildman–Crippen MR) is 94.1 cm³/mol. The van der Waals surface area contributed by atoms with Crippen LogP contribution in [0.2, 0.25) is 18.6 Å². The summed E-state index contributed by atoms with van der Waals surface area (Å²) in [6, 6.07) is 20.6. The third-order valence-electron chi connectivity index (χ3n) is 4.24. The summed E-state index contributed by atoms with van der Waals surface area (Å²) in [7, 11) is -1.97. The Morgan fingerprint density at radius 1 is 1.00 bits per heavy atom. The summed E-state index contributed by atoms with van der Waals surface area (Å²) in [6.45, 7) is 6.82. The third kappa shape index (κ3) is 3.86. The molecule has 1 unspecified atom stereocenters. The molecule has 0 saturated heterocycles. The fraction of sp³-hybridized carbons (Fsp3) is 0.316. The van der Waals surface area contributed by atoms with Crippen LogP contribution in [0, 0.1) is 0 Å². The summed E-state index contributed by atoms with van der Waals surface area (Å²) in [6.07, 6.45) is 0.744. The second kappa shape index (κ2) is 7.41. The molecule has 0 fully saturated rings. The Kier molecular flexibility index (Phi) is 5.55. The lowest BCUT2D eigenvalue weighted by Crippen LogP contribution is -2.50. The zero-order valence-electron chi connectivity index (χ0n) is 13.6. The van der Waals surface area contributed by atoms with Crippen LogP contribution in [0.3, 0.4) is 0 Å². The van der Waals surface area contributed by atoms with Gasteiger partial charge in [0, 0.05) is 0 Å². The van der Waals surface area contributed by atoms with E-state index in [0.717, 1.165) is 6.42 Å². The standard InChI is InChI=1S/C19H24O2Si/c1-4-21-19(20)18(15-16-11-7-5-8-12-16)22(2,3)17-13-9-6-10-14-17/h5-14,18H,4,15H2,1-3H3. The topological polar surface area (TPSA) is 26.3 Å². The normalized spacial score (nSPS) is 12.7. The number of hydrogen-bond acceptors (Lipinski definition) is 2. The zero-order chi connectivity index (χ0) is 16.0. The molecule has 0 N–H and O–H groups in total. The van der Waals surface area contributed by atoms with E-state index >= 15 is 0 Å². The zero-order valence-corrected chi connectivity index (χ0v) is 14.6. The van der Waals surface area contributed by atoms with Crippen molar-refractivity contribution >= 4 is 19.2 Å². The van der Waals surface area contributed by atoms with Crippen molar-refractivity contribution < 1.29 is 9.53 Å². The van der Waals surface area contributed by atoms with Gasteiger partial charge in [0.1, 0.15) is 0 Å². The van der Waals surface area contributed by atoms with Gasteiger partial charge < -0.3 is 4.74 Å². The first-order valence-electron chi connectivity index (χ1n) is 7.81. The van der Waals surface area contributed by atoms with Gasteiger partial charge in [-0.3, -0.25) is 4.79 Å². The fourth-order valence-corrected chi connectivity index (χ4v) is 5.67. The Morgan fingerprint density at radius 2 is 1.55 bits per heavy atom. The highest BCUT2D eigenvalue weighted by Crippen LogP contribution is 2.28. The first kappa shape index (κ1) is 16.5. The second-order valence-corrected chi connectivity index (χ2v) is 10.8. The molecule has 0 aliphatic carbocycles. The number of esters is 1. The minimum Gasteiger partial charge on any atom is -0.466 e. The Hall–Kier alpha value is -1.87. The van der Waals surface area contributed by atoms with Gasteiger partial charge in [0.05, 0.1) is 20.2 Å². The Bertz CT molecular complexity index is 593. The number of ether oxygens (including phenoxy) is 1. The maximum Gasteiger partial charge on any atom is 0.306 e. The molecule has 0 saturated carbocycles.